The molecule has 3 rings (SSSR count). The quantitative estimate of drug-likeness (QED) is 0.547. The second-order valence-electron chi connectivity index (χ2n) is 5.81. The Bertz CT molecular complexity index is 949. The summed E-state index contributed by atoms with van der Waals surface area (Å²) in [6.45, 7) is 2.23. The molecular weight excluding hydrogens is 332 g/mol. The zero-order valence-corrected chi connectivity index (χ0v) is 14.3. The highest BCUT2D eigenvalue weighted by molar-refractivity contribution is 5.79. The van der Waals surface area contributed by atoms with Crippen molar-refractivity contribution in [3.63, 3.8) is 0 Å². The normalized spacial score (nSPS) is 10.5. The van der Waals surface area contributed by atoms with Gasteiger partial charge in [0.15, 0.2) is 0 Å². The molecule has 0 atom stereocenters. The van der Waals surface area contributed by atoms with Crippen molar-refractivity contribution in [3.05, 3.63) is 88.0 Å². The van der Waals surface area contributed by atoms with E-state index in [9.17, 15) is 14.9 Å². The van der Waals surface area contributed by atoms with Crippen LogP contribution in [0.4, 0.5) is 5.69 Å². The lowest BCUT2D eigenvalue weighted by Gasteiger charge is -2.12. The van der Waals surface area contributed by atoms with Gasteiger partial charge in [-0.15, -0.1) is 0 Å². The van der Waals surface area contributed by atoms with E-state index in [-0.39, 0.29) is 18.0 Å². The number of hydrogen-bond donors (Lipinski definition) is 1. The van der Waals surface area contributed by atoms with E-state index in [0.29, 0.717) is 12.1 Å². The molecule has 0 aliphatic carbocycles. The van der Waals surface area contributed by atoms with E-state index in [1.165, 1.54) is 6.07 Å². The number of aromatic nitrogens is 2. The topological polar surface area (TPSA) is 90.1 Å². The molecule has 0 saturated carbocycles. The van der Waals surface area contributed by atoms with Crippen LogP contribution in [0, 0.1) is 17.0 Å². The summed E-state index contributed by atoms with van der Waals surface area (Å²) in [6, 6.07) is 14.0. The standard InChI is InChI=1S/C19H18N4O3/c1-14-20-10-11-22(14)17-8-4-3-7-16(17)13-21-19(24)12-15-6-2-5-9-18(15)23(25)26/h2-11H,12-13H2,1H3,(H,21,24). The number of nitrogens with zero attached hydrogens (tertiary/aromatic N) is 3. The van der Waals surface area contributed by atoms with Crippen LogP contribution in [0.15, 0.2) is 60.9 Å². The molecular formula is C19H18N4O3. The number of carbonyl (C=O) groups excluding carboxylic acids is 1. The van der Waals surface area contributed by atoms with Crippen LogP contribution in [-0.4, -0.2) is 20.4 Å². The maximum atomic E-state index is 12.3. The average Bonchev–Trinajstić information content (AvgIpc) is 3.06. The van der Waals surface area contributed by atoms with Crippen LogP contribution in [-0.2, 0) is 17.8 Å². The molecule has 0 radical (unpaired) electrons. The molecule has 0 spiro atoms. The van der Waals surface area contributed by atoms with Gasteiger partial charge in [-0.3, -0.25) is 14.9 Å². The summed E-state index contributed by atoms with van der Waals surface area (Å²) >= 11 is 0. The van der Waals surface area contributed by atoms with Crippen molar-refractivity contribution in [2.24, 2.45) is 0 Å². The lowest BCUT2D eigenvalue weighted by molar-refractivity contribution is -0.385. The lowest BCUT2D eigenvalue weighted by atomic mass is 10.1. The number of rotatable bonds is 6. The SMILES string of the molecule is Cc1nccn1-c1ccccc1CNC(=O)Cc1ccccc1[N+](=O)[O-]. The first-order chi connectivity index (χ1) is 12.6. The molecule has 0 aliphatic heterocycles. The second kappa shape index (κ2) is 7.60. The van der Waals surface area contributed by atoms with Crippen molar-refractivity contribution in [2.75, 3.05) is 0 Å². The van der Waals surface area contributed by atoms with Crippen molar-refractivity contribution in [1.29, 1.82) is 0 Å². The van der Waals surface area contributed by atoms with E-state index >= 15 is 0 Å². The average molecular weight is 350 g/mol. The van der Waals surface area contributed by atoms with Crippen LogP contribution in [0.25, 0.3) is 5.69 Å². The summed E-state index contributed by atoms with van der Waals surface area (Å²) in [5.41, 5.74) is 2.23. The number of carbonyl (C=O) groups is 1. The molecule has 7 heteroatoms. The number of aryl methyl sites for hydroxylation is 1. The second-order valence-corrected chi connectivity index (χ2v) is 5.81. The number of benzene rings is 2. The molecule has 2 aromatic carbocycles. The predicted octanol–water partition coefficient (Wildman–Crippen LogP) is 2.95. The van der Waals surface area contributed by atoms with Gasteiger partial charge in [-0.2, -0.15) is 0 Å². The third-order valence-corrected chi connectivity index (χ3v) is 4.09. The van der Waals surface area contributed by atoms with Crippen LogP contribution in [0.2, 0.25) is 0 Å². The van der Waals surface area contributed by atoms with E-state index in [4.69, 9.17) is 0 Å². The fourth-order valence-corrected chi connectivity index (χ4v) is 2.80. The first kappa shape index (κ1) is 17.3. The van der Waals surface area contributed by atoms with E-state index in [1.807, 2.05) is 42.0 Å². The van der Waals surface area contributed by atoms with Gasteiger partial charge in [0.25, 0.3) is 5.69 Å². The van der Waals surface area contributed by atoms with Crippen LogP contribution in [0.5, 0.6) is 0 Å². The Morgan fingerprint density at radius 3 is 2.54 bits per heavy atom. The van der Waals surface area contributed by atoms with E-state index in [1.54, 1.807) is 24.4 Å². The maximum Gasteiger partial charge on any atom is 0.273 e. The Hall–Kier alpha value is -3.48. The Morgan fingerprint density at radius 1 is 1.15 bits per heavy atom. The first-order valence-corrected chi connectivity index (χ1v) is 8.13. The van der Waals surface area contributed by atoms with Crippen molar-refractivity contribution in [2.45, 2.75) is 19.9 Å². The monoisotopic (exact) mass is 350 g/mol. The molecule has 0 unspecified atom stereocenters. The smallest absolute Gasteiger partial charge is 0.273 e. The fraction of sp³-hybridized carbons (Fsp3) is 0.158. The van der Waals surface area contributed by atoms with Gasteiger partial charge in [0.1, 0.15) is 5.82 Å². The van der Waals surface area contributed by atoms with Crippen molar-refractivity contribution >= 4 is 11.6 Å². The Kier molecular flexibility index (Phi) is 5.07. The molecule has 0 aliphatic rings. The number of imidazole rings is 1. The molecule has 1 N–H and O–H groups in total. The van der Waals surface area contributed by atoms with E-state index in [0.717, 1.165) is 17.1 Å². The van der Waals surface area contributed by atoms with Gasteiger partial charge >= 0.3 is 0 Å². The van der Waals surface area contributed by atoms with Gasteiger partial charge in [0, 0.05) is 30.6 Å². The first-order valence-electron chi connectivity index (χ1n) is 8.13. The number of para-hydroxylation sites is 2. The third kappa shape index (κ3) is 3.77. The Labute approximate surface area is 150 Å². The van der Waals surface area contributed by atoms with Crippen LogP contribution in [0.1, 0.15) is 17.0 Å². The summed E-state index contributed by atoms with van der Waals surface area (Å²) in [5, 5.41) is 13.9. The number of hydrogen-bond acceptors (Lipinski definition) is 4. The minimum absolute atomic E-state index is 0.0383. The molecule has 0 bridgehead atoms. The third-order valence-electron chi connectivity index (χ3n) is 4.09. The maximum absolute atomic E-state index is 12.3. The zero-order valence-electron chi connectivity index (χ0n) is 14.3. The predicted molar refractivity (Wildman–Crippen MR) is 96.9 cm³/mol. The molecule has 3 aromatic rings. The van der Waals surface area contributed by atoms with Gasteiger partial charge in [-0.05, 0) is 18.6 Å². The van der Waals surface area contributed by atoms with Crippen LogP contribution < -0.4 is 5.32 Å². The van der Waals surface area contributed by atoms with E-state index in [2.05, 4.69) is 10.3 Å². The van der Waals surface area contributed by atoms with Gasteiger partial charge in [0.2, 0.25) is 5.91 Å². The van der Waals surface area contributed by atoms with Crippen molar-refractivity contribution in [3.8, 4) is 5.69 Å². The van der Waals surface area contributed by atoms with Crippen molar-refractivity contribution in [1.82, 2.24) is 14.9 Å². The summed E-state index contributed by atoms with van der Waals surface area (Å²) in [7, 11) is 0. The Balaban J connectivity index is 1.72. The lowest BCUT2D eigenvalue weighted by Crippen LogP contribution is -2.25. The molecule has 0 saturated heterocycles. The summed E-state index contributed by atoms with van der Waals surface area (Å²) < 4.78 is 1.95. The summed E-state index contributed by atoms with van der Waals surface area (Å²) in [4.78, 5) is 27.1. The minimum Gasteiger partial charge on any atom is -0.352 e. The molecule has 1 amide bonds. The number of nitro benzene ring substituents is 1. The molecule has 1 heterocycles. The number of amides is 1. The molecule has 132 valence electrons. The Morgan fingerprint density at radius 2 is 1.85 bits per heavy atom. The zero-order chi connectivity index (χ0) is 18.5. The van der Waals surface area contributed by atoms with Crippen LogP contribution >= 0.6 is 0 Å². The van der Waals surface area contributed by atoms with Crippen molar-refractivity contribution < 1.29 is 9.72 Å². The summed E-state index contributed by atoms with van der Waals surface area (Å²) in [6.07, 6.45) is 3.55. The largest absolute Gasteiger partial charge is 0.352 e. The highest BCUT2D eigenvalue weighted by atomic mass is 16.6. The molecule has 26 heavy (non-hydrogen) atoms. The van der Waals surface area contributed by atoms with Crippen LogP contribution in [0.3, 0.4) is 0 Å². The van der Waals surface area contributed by atoms with E-state index < -0.39 is 4.92 Å². The highest BCUT2D eigenvalue weighted by Crippen LogP contribution is 2.19. The van der Waals surface area contributed by atoms with Gasteiger partial charge in [0.05, 0.1) is 17.0 Å². The minimum atomic E-state index is -0.472. The number of nitro groups is 1. The molecule has 1 aromatic heterocycles. The van der Waals surface area contributed by atoms with Gasteiger partial charge in [-0.25, -0.2) is 4.98 Å². The molecule has 7 nitrogen and oxygen atoms in total. The number of nitrogens with one attached hydrogen (secondary N) is 1. The van der Waals surface area contributed by atoms with Gasteiger partial charge in [-0.1, -0.05) is 36.4 Å². The van der Waals surface area contributed by atoms with Gasteiger partial charge < -0.3 is 9.88 Å². The highest BCUT2D eigenvalue weighted by Gasteiger charge is 2.15. The fourth-order valence-electron chi connectivity index (χ4n) is 2.80. The molecule has 0 fully saturated rings. The summed E-state index contributed by atoms with van der Waals surface area (Å²) in [5.74, 6) is 0.583.